The highest BCUT2D eigenvalue weighted by Crippen LogP contribution is 2.39. The van der Waals surface area contributed by atoms with E-state index in [1.807, 2.05) is 6.07 Å². The van der Waals surface area contributed by atoms with Gasteiger partial charge in [-0.3, -0.25) is 9.89 Å². The summed E-state index contributed by atoms with van der Waals surface area (Å²) >= 11 is 2.12. The second kappa shape index (κ2) is 9.37. The molecule has 3 aromatic rings. The lowest BCUT2D eigenvalue weighted by atomic mass is 10.0. The molecule has 1 aliphatic rings. The van der Waals surface area contributed by atoms with Crippen molar-refractivity contribution in [1.82, 2.24) is 10.2 Å². The van der Waals surface area contributed by atoms with Crippen LogP contribution in [0.2, 0.25) is 0 Å². The number of carbonyl (C=O) groups is 3. The fraction of sp³-hybridized carbons (Fsp3) is 0.182. The Morgan fingerprint density at radius 3 is 2.74 bits per heavy atom. The van der Waals surface area contributed by atoms with Gasteiger partial charge in [-0.05, 0) is 66.3 Å². The summed E-state index contributed by atoms with van der Waals surface area (Å²) in [6, 6.07) is 6.24. The summed E-state index contributed by atoms with van der Waals surface area (Å²) in [6.07, 6.45) is 1.12. The lowest BCUT2D eigenvalue weighted by Crippen LogP contribution is -2.33. The summed E-state index contributed by atoms with van der Waals surface area (Å²) in [5, 5.41) is 8.32. The monoisotopic (exact) mass is 582 g/mol. The number of aromatic amines is 1. The molecule has 0 saturated carbocycles. The first-order valence-corrected chi connectivity index (χ1v) is 11.1. The summed E-state index contributed by atoms with van der Waals surface area (Å²) in [5.41, 5.74) is -0.233. The first-order valence-electron chi connectivity index (χ1n) is 9.97. The molecule has 0 bridgehead atoms. The third kappa shape index (κ3) is 4.20. The van der Waals surface area contributed by atoms with Gasteiger partial charge in [-0.15, -0.1) is 0 Å². The molecule has 1 aliphatic heterocycles. The van der Waals surface area contributed by atoms with Crippen LogP contribution in [0.4, 0.5) is 26.0 Å². The molecule has 2 N–H and O–H groups in total. The lowest BCUT2D eigenvalue weighted by Gasteiger charge is -2.32. The van der Waals surface area contributed by atoms with E-state index < -0.39 is 35.0 Å². The Labute approximate surface area is 205 Å². The van der Waals surface area contributed by atoms with E-state index in [0.717, 1.165) is 21.4 Å². The van der Waals surface area contributed by atoms with Gasteiger partial charge in [0.05, 0.1) is 29.6 Å². The van der Waals surface area contributed by atoms with Crippen LogP contribution in [0.3, 0.4) is 0 Å². The Balaban J connectivity index is 1.74. The molecule has 0 saturated heterocycles. The summed E-state index contributed by atoms with van der Waals surface area (Å²) in [4.78, 5) is 38.5. The molecule has 2 aromatic carbocycles. The van der Waals surface area contributed by atoms with Gasteiger partial charge in [-0.1, -0.05) is 0 Å². The Bertz CT molecular complexity index is 1330. The normalized spacial score (nSPS) is 12.7. The van der Waals surface area contributed by atoms with Gasteiger partial charge in [0.2, 0.25) is 0 Å². The quantitative estimate of drug-likeness (QED) is 0.341. The summed E-state index contributed by atoms with van der Waals surface area (Å²) in [5.74, 6) is -5.79. The second-order valence-corrected chi connectivity index (χ2v) is 8.45. The van der Waals surface area contributed by atoms with E-state index in [9.17, 15) is 14.4 Å². The van der Waals surface area contributed by atoms with Crippen LogP contribution in [0.15, 0.2) is 30.5 Å². The van der Waals surface area contributed by atoms with Crippen molar-refractivity contribution < 1.29 is 32.6 Å². The van der Waals surface area contributed by atoms with Crippen LogP contribution in [0.25, 0.3) is 0 Å². The zero-order chi connectivity index (χ0) is 24.6. The number of ether oxygens (including phenoxy) is 2. The summed E-state index contributed by atoms with van der Waals surface area (Å²) < 4.78 is 41.4. The smallest absolute Gasteiger partial charge is 0.343 e. The van der Waals surface area contributed by atoms with E-state index in [0.29, 0.717) is 5.69 Å². The highest BCUT2D eigenvalue weighted by Gasteiger charge is 2.34. The van der Waals surface area contributed by atoms with Gasteiger partial charge in [0.25, 0.3) is 5.91 Å². The molecule has 9 nitrogen and oxygen atoms in total. The number of H-pyrrole nitrogens is 1. The van der Waals surface area contributed by atoms with Gasteiger partial charge in [-0.25, -0.2) is 18.4 Å². The number of cyclic esters (lactones) is 1. The van der Waals surface area contributed by atoms with Crippen molar-refractivity contribution in [1.29, 1.82) is 0 Å². The molecular weight excluding hydrogens is 565 g/mol. The maximum Gasteiger partial charge on any atom is 0.343 e. The van der Waals surface area contributed by atoms with Crippen LogP contribution in [-0.4, -0.2) is 41.4 Å². The maximum atomic E-state index is 15.3. The molecule has 0 aliphatic carbocycles. The van der Waals surface area contributed by atoms with Gasteiger partial charge in [0.15, 0.2) is 18.4 Å². The van der Waals surface area contributed by atoms with Crippen LogP contribution < -0.4 is 10.2 Å². The average Bonchev–Trinajstić information content (AvgIpc) is 3.25. The number of nitrogens with one attached hydrogen (secondary N) is 2. The van der Waals surface area contributed by atoms with Crippen LogP contribution >= 0.6 is 22.6 Å². The molecule has 12 heteroatoms. The first kappa shape index (κ1) is 23.6. The predicted molar refractivity (Wildman–Crippen MR) is 125 cm³/mol. The minimum absolute atomic E-state index is 0.0840. The van der Waals surface area contributed by atoms with Crippen LogP contribution in [0.5, 0.6) is 0 Å². The Kier molecular flexibility index (Phi) is 6.50. The molecule has 1 aromatic heterocycles. The molecule has 0 radical (unpaired) electrons. The Hall–Kier alpha value is -3.55. The third-order valence-corrected chi connectivity index (χ3v) is 5.73. The van der Waals surface area contributed by atoms with Gasteiger partial charge < -0.3 is 19.7 Å². The summed E-state index contributed by atoms with van der Waals surface area (Å²) in [7, 11) is 0. The van der Waals surface area contributed by atoms with E-state index in [-0.39, 0.29) is 36.0 Å². The molecule has 4 rings (SSSR count). The number of hydrogen-bond acceptors (Lipinski definition) is 7. The van der Waals surface area contributed by atoms with Crippen molar-refractivity contribution in [2.75, 3.05) is 23.6 Å². The molecule has 0 fully saturated rings. The number of rotatable bonds is 5. The van der Waals surface area contributed by atoms with E-state index in [4.69, 9.17) is 9.47 Å². The minimum Gasteiger partial charge on any atom is -0.462 e. The largest absolute Gasteiger partial charge is 0.462 e. The number of benzene rings is 2. The van der Waals surface area contributed by atoms with Crippen LogP contribution in [0, 0.1) is 22.1 Å². The van der Waals surface area contributed by atoms with Gasteiger partial charge in [0.1, 0.15) is 11.4 Å². The number of nitrogens with zero attached hydrogens (tertiary/aromatic N) is 2. The topological polar surface area (TPSA) is 114 Å². The molecule has 34 heavy (non-hydrogen) atoms. The number of halogens is 3. The zero-order valence-corrected chi connectivity index (χ0v) is 20.0. The van der Waals surface area contributed by atoms with Crippen molar-refractivity contribution in [3.63, 3.8) is 0 Å². The zero-order valence-electron chi connectivity index (χ0n) is 17.9. The van der Waals surface area contributed by atoms with E-state index in [1.165, 1.54) is 4.90 Å². The van der Waals surface area contributed by atoms with E-state index >= 15 is 8.78 Å². The number of hydrogen-bond donors (Lipinski definition) is 2. The van der Waals surface area contributed by atoms with Crippen molar-refractivity contribution in [3.8, 4) is 0 Å². The number of aryl methyl sites for hydroxylation is 1. The molecule has 2 heterocycles. The fourth-order valence-corrected chi connectivity index (χ4v) is 4.15. The van der Waals surface area contributed by atoms with Crippen LogP contribution in [-0.2, 0) is 9.47 Å². The Morgan fingerprint density at radius 1 is 1.26 bits per heavy atom. The van der Waals surface area contributed by atoms with E-state index in [1.54, 1.807) is 26.0 Å². The molecule has 0 spiro atoms. The lowest BCUT2D eigenvalue weighted by molar-refractivity contribution is 0.0489. The van der Waals surface area contributed by atoms with Gasteiger partial charge >= 0.3 is 11.9 Å². The highest BCUT2D eigenvalue weighted by atomic mass is 127. The van der Waals surface area contributed by atoms with Crippen molar-refractivity contribution in [2.24, 2.45) is 0 Å². The minimum atomic E-state index is -1.46. The Morgan fingerprint density at radius 2 is 2.03 bits per heavy atom. The number of amides is 1. The molecule has 1 amide bonds. The molecule has 0 unspecified atom stereocenters. The number of anilines is 3. The predicted octanol–water partition coefficient (Wildman–Crippen LogP) is 4.30. The average molecular weight is 582 g/mol. The van der Waals surface area contributed by atoms with Gasteiger partial charge in [0, 0.05) is 9.26 Å². The van der Waals surface area contributed by atoms with E-state index in [2.05, 4.69) is 38.1 Å². The molecular formula is C22H17F2IN4O5. The van der Waals surface area contributed by atoms with Crippen molar-refractivity contribution in [2.45, 2.75) is 13.8 Å². The highest BCUT2D eigenvalue weighted by molar-refractivity contribution is 14.1. The second-order valence-electron chi connectivity index (χ2n) is 7.20. The van der Waals surface area contributed by atoms with Crippen molar-refractivity contribution in [3.05, 3.63) is 67.9 Å². The fourth-order valence-electron chi connectivity index (χ4n) is 3.50. The molecule has 0 atom stereocenters. The number of esters is 2. The standard InChI is InChI=1S/C22H17F2IN4O5/c1-3-33-22(32)14-8-26-28-19(14)27-20(30)12-7-13-18(17(24)16(12)23)29(9-34-21(13)31)15-5-4-11(25)6-10(15)2/h4-8H,3,9H2,1-2H3,(H2,26,27,28,30). The number of aromatic nitrogens is 2. The van der Waals surface area contributed by atoms with Crippen molar-refractivity contribution >= 4 is 57.6 Å². The molecule has 176 valence electrons. The van der Waals surface area contributed by atoms with Crippen LogP contribution in [0.1, 0.15) is 43.6 Å². The maximum absolute atomic E-state index is 15.3. The first-order chi connectivity index (χ1) is 16.2. The number of carbonyl (C=O) groups excluding carboxylic acids is 3. The SMILES string of the molecule is CCOC(=O)c1cn[nH]c1NC(=O)c1cc2c(c(F)c1F)N(c1ccc(I)cc1C)COC2=O. The third-order valence-electron chi connectivity index (χ3n) is 5.06. The number of fused-ring (bicyclic) bond motifs is 1. The summed E-state index contributed by atoms with van der Waals surface area (Å²) in [6.45, 7) is 3.14. The van der Waals surface area contributed by atoms with Gasteiger partial charge in [-0.2, -0.15) is 5.10 Å².